The van der Waals surface area contributed by atoms with Gasteiger partial charge in [-0.2, -0.15) is 0 Å². The van der Waals surface area contributed by atoms with Crippen LogP contribution in [0.4, 0.5) is 5.69 Å². The number of amides is 1. The minimum atomic E-state index is 0.0949. The standard InChI is InChI=1S/C17H17NO/c1-12-7-9-14(10-8-12)17(19)18-13(2)11-15-5-3-4-6-16(15)18/h3-10,13H,11H2,1-2H3/t13-/m1/s1. The predicted molar refractivity (Wildman–Crippen MR) is 77.6 cm³/mol. The van der Waals surface area contributed by atoms with Crippen molar-refractivity contribution in [1.29, 1.82) is 0 Å². The molecule has 0 aliphatic carbocycles. The van der Waals surface area contributed by atoms with E-state index < -0.39 is 0 Å². The van der Waals surface area contributed by atoms with Gasteiger partial charge in [0.05, 0.1) is 0 Å². The Morgan fingerprint density at radius 3 is 2.53 bits per heavy atom. The highest BCUT2D eigenvalue weighted by molar-refractivity contribution is 6.07. The van der Waals surface area contributed by atoms with Crippen LogP contribution in [0.25, 0.3) is 0 Å². The van der Waals surface area contributed by atoms with E-state index in [9.17, 15) is 4.79 Å². The van der Waals surface area contributed by atoms with Gasteiger partial charge in [-0.15, -0.1) is 0 Å². The zero-order chi connectivity index (χ0) is 13.4. The van der Waals surface area contributed by atoms with Gasteiger partial charge in [-0.05, 0) is 44.0 Å². The molecular weight excluding hydrogens is 234 g/mol. The number of carbonyl (C=O) groups is 1. The maximum Gasteiger partial charge on any atom is 0.258 e. The summed E-state index contributed by atoms with van der Waals surface area (Å²) in [5.41, 5.74) is 4.25. The summed E-state index contributed by atoms with van der Waals surface area (Å²) in [5.74, 6) is 0.0949. The SMILES string of the molecule is Cc1ccc(C(=O)N2c3ccccc3C[C@H]2C)cc1. The van der Waals surface area contributed by atoms with E-state index in [4.69, 9.17) is 0 Å². The van der Waals surface area contributed by atoms with Crippen LogP contribution in [0, 0.1) is 6.92 Å². The van der Waals surface area contributed by atoms with Crippen molar-refractivity contribution in [2.75, 3.05) is 4.90 Å². The smallest absolute Gasteiger partial charge is 0.258 e. The van der Waals surface area contributed by atoms with Crippen LogP contribution >= 0.6 is 0 Å². The summed E-state index contributed by atoms with van der Waals surface area (Å²) in [6.07, 6.45) is 0.938. The third-order valence-electron chi connectivity index (χ3n) is 3.72. The number of para-hydroxylation sites is 1. The van der Waals surface area contributed by atoms with E-state index >= 15 is 0 Å². The zero-order valence-corrected chi connectivity index (χ0v) is 11.3. The molecule has 1 atom stereocenters. The first kappa shape index (κ1) is 12.0. The molecule has 0 N–H and O–H groups in total. The second-order valence-electron chi connectivity index (χ2n) is 5.22. The molecule has 0 aromatic heterocycles. The van der Waals surface area contributed by atoms with Crippen LogP contribution in [0.2, 0.25) is 0 Å². The molecule has 3 rings (SSSR count). The van der Waals surface area contributed by atoms with E-state index in [1.54, 1.807) is 0 Å². The largest absolute Gasteiger partial charge is 0.305 e. The molecule has 1 amide bonds. The first-order chi connectivity index (χ1) is 9.16. The van der Waals surface area contributed by atoms with Crippen LogP contribution in [-0.4, -0.2) is 11.9 Å². The summed E-state index contributed by atoms with van der Waals surface area (Å²) >= 11 is 0. The lowest BCUT2D eigenvalue weighted by Gasteiger charge is -2.22. The molecule has 0 unspecified atom stereocenters. The highest BCUT2D eigenvalue weighted by Gasteiger charge is 2.30. The Morgan fingerprint density at radius 1 is 1.11 bits per heavy atom. The number of hydrogen-bond acceptors (Lipinski definition) is 1. The van der Waals surface area contributed by atoms with Crippen molar-refractivity contribution < 1.29 is 4.79 Å². The zero-order valence-electron chi connectivity index (χ0n) is 11.3. The quantitative estimate of drug-likeness (QED) is 0.758. The van der Waals surface area contributed by atoms with E-state index in [0.717, 1.165) is 17.7 Å². The molecule has 1 heterocycles. The number of rotatable bonds is 1. The van der Waals surface area contributed by atoms with E-state index in [-0.39, 0.29) is 11.9 Å². The second kappa shape index (κ2) is 4.54. The number of carbonyl (C=O) groups excluding carboxylic acids is 1. The van der Waals surface area contributed by atoms with Gasteiger partial charge < -0.3 is 4.90 Å². The van der Waals surface area contributed by atoms with E-state index in [0.29, 0.717) is 0 Å². The maximum absolute atomic E-state index is 12.7. The number of hydrogen-bond donors (Lipinski definition) is 0. The molecule has 2 nitrogen and oxygen atoms in total. The molecule has 0 spiro atoms. The Kier molecular flexibility index (Phi) is 2.86. The van der Waals surface area contributed by atoms with Crippen LogP contribution in [0.15, 0.2) is 48.5 Å². The van der Waals surface area contributed by atoms with Crippen molar-refractivity contribution in [3.8, 4) is 0 Å². The molecular formula is C17H17NO. The molecule has 2 aromatic carbocycles. The summed E-state index contributed by atoms with van der Waals surface area (Å²) in [5, 5.41) is 0. The van der Waals surface area contributed by atoms with Crippen LogP contribution < -0.4 is 4.90 Å². The second-order valence-corrected chi connectivity index (χ2v) is 5.22. The van der Waals surface area contributed by atoms with Crippen LogP contribution in [0.3, 0.4) is 0 Å². The fourth-order valence-corrected chi connectivity index (χ4v) is 2.71. The summed E-state index contributed by atoms with van der Waals surface area (Å²) in [7, 11) is 0. The molecule has 19 heavy (non-hydrogen) atoms. The Hall–Kier alpha value is -2.09. The Labute approximate surface area is 113 Å². The molecule has 0 radical (unpaired) electrons. The van der Waals surface area contributed by atoms with Crippen molar-refractivity contribution >= 4 is 11.6 Å². The molecule has 2 aromatic rings. The average molecular weight is 251 g/mol. The maximum atomic E-state index is 12.7. The average Bonchev–Trinajstić information content (AvgIpc) is 2.74. The van der Waals surface area contributed by atoms with Gasteiger partial charge in [-0.25, -0.2) is 0 Å². The van der Waals surface area contributed by atoms with Crippen molar-refractivity contribution in [2.45, 2.75) is 26.3 Å². The van der Waals surface area contributed by atoms with Crippen LogP contribution in [0.5, 0.6) is 0 Å². The molecule has 1 aliphatic rings. The Balaban J connectivity index is 1.98. The van der Waals surface area contributed by atoms with Gasteiger partial charge in [0.25, 0.3) is 5.91 Å². The number of aryl methyl sites for hydroxylation is 1. The van der Waals surface area contributed by atoms with Crippen molar-refractivity contribution in [3.05, 3.63) is 65.2 Å². The van der Waals surface area contributed by atoms with Gasteiger partial charge >= 0.3 is 0 Å². The molecule has 0 saturated carbocycles. The Morgan fingerprint density at radius 2 is 1.79 bits per heavy atom. The highest BCUT2D eigenvalue weighted by atomic mass is 16.2. The van der Waals surface area contributed by atoms with Crippen molar-refractivity contribution in [1.82, 2.24) is 0 Å². The Bertz CT molecular complexity index is 615. The number of benzene rings is 2. The minimum absolute atomic E-state index is 0.0949. The van der Waals surface area contributed by atoms with Gasteiger partial charge in [-0.3, -0.25) is 4.79 Å². The lowest BCUT2D eigenvalue weighted by atomic mass is 10.1. The first-order valence-corrected chi connectivity index (χ1v) is 6.65. The van der Waals surface area contributed by atoms with Gasteiger partial charge in [-0.1, -0.05) is 35.9 Å². The molecule has 0 bridgehead atoms. The lowest BCUT2D eigenvalue weighted by Crippen LogP contribution is -2.35. The summed E-state index contributed by atoms with van der Waals surface area (Å²) in [6, 6.07) is 16.2. The van der Waals surface area contributed by atoms with Gasteiger partial charge in [0.15, 0.2) is 0 Å². The van der Waals surface area contributed by atoms with E-state index in [1.807, 2.05) is 54.3 Å². The van der Waals surface area contributed by atoms with Gasteiger partial charge in [0.1, 0.15) is 0 Å². The molecule has 96 valence electrons. The normalized spacial score (nSPS) is 17.4. The van der Waals surface area contributed by atoms with Gasteiger partial charge in [0, 0.05) is 17.3 Å². The number of fused-ring (bicyclic) bond motifs is 1. The molecule has 0 fully saturated rings. The summed E-state index contributed by atoms with van der Waals surface area (Å²) < 4.78 is 0. The fourth-order valence-electron chi connectivity index (χ4n) is 2.71. The van der Waals surface area contributed by atoms with E-state index in [2.05, 4.69) is 13.0 Å². The summed E-state index contributed by atoms with van der Waals surface area (Å²) in [4.78, 5) is 14.6. The van der Waals surface area contributed by atoms with Crippen LogP contribution in [-0.2, 0) is 6.42 Å². The fraction of sp³-hybridized carbons (Fsp3) is 0.235. The molecule has 1 aliphatic heterocycles. The monoisotopic (exact) mass is 251 g/mol. The predicted octanol–water partition coefficient (Wildman–Crippen LogP) is 3.59. The van der Waals surface area contributed by atoms with Gasteiger partial charge in [0.2, 0.25) is 0 Å². The third kappa shape index (κ3) is 2.03. The number of anilines is 1. The third-order valence-corrected chi connectivity index (χ3v) is 3.72. The molecule has 0 saturated heterocycles. The minimum Gasteiger partial charge on any atom is -0.305 e. The number of nitrogens with zero attached hydrogens (tertiary/aromatic N) is 1. The molecule has 2 heteroatoms. The summed E-state index contributed by atoms with van der Waals surface area (Å²) in [6.45, 7) is 4.13. The van der Waals surface area contributed by atoms with Crippen molar-refractivity contribution in [3.63, 3.8) is 0 Å². The first-order valence-electron chi connectivity index (χ1n) is 6.65. The lowest BCUT2D eigenvalue weighted by molar-refractivity contribution is 0.0981. The highest BCUT2D eigenvalue weighted by Crippen LogP contribution is 2.32. The van der Waals surface area contributed by atoms with Crippen LogP contribution in [0.1, 0.15) is 28.4 Å². The van der Waals surface area contributed by atoms with E-state index in [1.165, 1.54) is 11.1 Å². The van der Waals surface area contributed by atoms with Crippen molar-refractivity contribution in [2.24, 2.45) is 0 Å². The topological polar surface area (TPSA) is 20.3 Å².